The fourth-order valence-electron chi connectivity index (χ4n) is 3.09. The van der Waals surface area contributed by atoms with Gasteiger partial charge in [0.15, 0.2) is 11.5 Å². The van der Waals surface area contributed by atoms with Gasteiger partial charge < -0.3 is 14.3 Å². The number of anilines is 1. The van der Waals surface area contributed by atoms with E-state index in [0.717, 1.165) is 6.42 Å². The molecule has 1 amide bonds. The summed E-state index contributed by atoms with van der Waals surface area (Å²) < 4.78 is 11.1. The van der Waals surface area contributed by atoms with Gasteiger partial charge in [-0.25, -0.2) is 0 Å². The molecule has 1 aromatic carbocycles. The number of ether oxygens (including phenoxy) is 1. The van der Waals surface area contributed by atoms with Gasteiger partial charge in [-0.3, -0.25) is 14.5 Å². The van der Waals surface area contributed by atoms with Crippen molar-refractivity contribution in [3.8, 4) is 5.75 Å². The minimum Gasteiger partial charge on any atom is -0.503 e. The smallest absolute Gasteiger partial charge is 0.294 e. The second-order valence-corrected chi connectivity index (χ2v) is 6.72. The summed E-state index contributed by atoms with van der Waals surface area (Å²) in [6.45, 7) is 6.02. The number of benzene rings is 1. The first kappa shape index (κ1) is 18.8. The fraction of sp³-hybridized carbons (Fsp3) is 0.333. The highest BCUT2D eigenvalue weighted by atomic mass is 16.5. The Hall–Kier alpha value is -3.02. The number of aliphatic hydroxyl groups excluding tert-OH is 1. The monoisotopic (exact) mass is 369 g/mol. The maximum atomic E-state index is 12.9. The third-order valence-corrected chi connectivity index (χ3v) is 4.38. The first-order chi connectivity index (χ1) is 13.0. The molecule has 6 heteroatoms. The molecule has 0 bridgehead atoms. The third-order valence-electron chi connectivity index (χ3n) is 4.38. The number of aliphatic hydroxyl groups is 1. The Bertz CT molecular complexity index is 866. The molecule has 0 radical (unpaired) electrons. The van der Waals surface area contributed by atoms with Crippen LogP contribution < -0.4 is 9.64 Å². The topological polar surface area (TPSA) is 80.0 Å². The van der Waals surface area contributed by atoms with Gasteiger partial charge in [-0.15, -0.1) is 0 Å². The van der Waals surface area contributed by atoms with Crippen LogP contribution in [0.2, 0.25) is 0 Å². The third kappa shape index (κ3) is 3.47. The molecule has 1 aliphatic heterocycles. The van der Waals surface area contributed by atoms with Gasteiger partial charge in [0.25, 0.3) is 5.91 Å². The summed E-state index contributed by atoms with van der Waals surface area (Å²) in [4.78, 5) is 27.0. The van der Waals surface area contributed by atoms with Crippen molar-refractivity contribution in [3.05, 3.63) is 59.8 Å². The zero-order chi connectivity index (χ0) is 19.6. The van der Waals surface area contributed by atoms with Crippen LogP contribution in [0.1, 0.15) is 39.0 Å². The molecule has 2 aromatic rings. The largest absolute Gasteiger partial charge is 0.503 e. The first-order valence-corrected chi connectivity index (χ1v) is 9.02. The van der Waals surface area contributed by atoms with E-state index in [0.29, 0.717) is 23.8 Å². The van der Waals surface area contributed by atoms with Gasteiger partial charge in [-0.1, -0.05) is 26.8 Å². The lowest BCUT2D eigenvalue weighted by Gasteiger charge is -2.25. The predicted octanol–water partition coefficient (Wildman–Crippen LogP) is 4.19. The predicted molar refractivity (Wildman–Crippen MR) is 101 cm³/mol. The number of rotatable bonds is 7. The Kier molecular flexibility index (Phi) is 5.35. The van der Waals surface area contributed by atoms with Gasteiger partial charge in [-0.05, 0) is 30.7 Å². The average Bonchev–Trinajstić information content (AvgIpc) is 3.27. The van der Waals surface area contributed by atoms with Crippen molar-refractivity contribution in [2.24, 2.45) is 5.92 Å². The van der Waals surface area contributed by atoms with Crippen LogP contribution in [0.4, 0.5) is 5.69 Å². The number of amides is 1. The minimum absolute atomic E-state index is 0.0600. The van der Waals surface area contributed by atoms with Gasteiger partial charge in [0.05, 0.1) is 18.4 Å². The lowest BCUT2D eigenvalue weighted by atomic mass is 9.94. The second-order valence-electron chi connectivity index (χ2n) is 6.72. The van der Waals surface area contributed by atoms with E-state index < -0.39 is 17.7 Å². The summed E-state index contributed by atoms with van der Waals surface area (Å²) in [5.41, 5.74) is 0.581. The standard InChI is InChI=1S/C21H23NO5/c1-4-10-26-15-8-5-7-14(12-15)22-18(16-9-6-11-27-16)17(19(23)13(2)3)20(24)21(22)25/h5-9,11-13,18,24H,4,10H2,1-3H3. The lowest BCUT2D eigenvalue weighted by molar-refractivity contribution is -0.119. The Balaban J connectivity index is 2.07. The molecule has 0 saturated carbocycles. The van der Waals surface area contributed by atoms with Gasteiger partial charge in [0.1, 0.15) is 17.6 Å². The van der Waals surface area contributed by atoms with Crippen molar-refractivity contribution in [1.82, 2.24) is 0 Å². The van der Waals surface area contributed by atoms with E-state index in [4.69, 9.17) is 9.15 Å². The van der Waals surface area contributed by atoms with Gasteiger partial charge in [0.2, 0.25) is 0 Å². The Labute approximate surface area is 158 Å². The zero-order valence-electron chi connectivity index (χ0n) is 15.6. The Morgan fingerprint density at radius 3 is 2.70 bits per heavy atom. The van der Waals surface area contributed by atoms with E-state index in [1.807, 2.05) is 6.92 Å². The van der Waals surface area contributed by atoms with Crippen LogP contribution in [0.15, 0.2) is 58.4 Å². The number of nitrogens with zero attached hydrogens (tertiary/aromatic N) is 1. The number of hydrogen-bond donors (Lipinski definition) is 1. The Morgan fingerprint density at radius 2 is 2.07 bits per heavy atom. The quantitative estimate of drug-likeness (QED) is 0.791. The van der Waals surface area contributed by atoms with Crippen LogP contribution in [-0.2, 0) is 9.59 Å². The number of Topliss-reactive ketones (excluding diaryl/α,β-unsaturated/α-hetero) is 1. The molecular weight excluding hydrogens is 346 g/mol. The normalized spacial score (nSPS) is 17.1. The summed E-state index contributed by atoms with van der Waals surface area (Å²) >= 11 is 0. The summed E-state index contributed by atoms with van der Waals surface area (Å²) in [5.74, 6) is -0.794. The second kappa shape index (κ2) is 7.70. The summed E-state index contributed by atoms with van der Waals surface area (Å²) in [5, 5.41) is 10.5. The minimum atomic E-state index is -0.816. The molecule has 3 rings (SSSR count). The van der Waals surface area contributed by atoms with Crippen molar-refractivity contribution < 1.29 is 23.8 Å². The van der Waals surface area contributed by atoms with Gasteiger partial charge in [-0.2, -0.15) is 0 Å². The number of carbonyl (C=O) groups is 2. The first-order valence-electron chi connectivity index (χ1n) is 9.02. The van der Waals surface area contributed by atoms with Crippen LogP contribution in [0.3, 0.4) is 0 Å². The summed E-state index contributed by atoms with van der Waals surface area (Å²) in [6, 6.07) is 9.59. The van der Waals surface area contributed by atoms with Crippen LogP contribution in [0.5, 0.6) is 5.75 Å². The van der Waals surface area contributed by atoms with E-state index in [1.54, 1.807) is 50.2 Å². The van der Waals surface area contributed by atoms with Gasteiger partial charge in [0, 0.05) is 17.7 Å². The van der Waals surface area contributed by atoms with Crippen LogP contribution in [0, 0.1) is 5.92 Å². The molecule has 0 spiro atoms. The molecular formula is C21H23NO5. The number of ketones is 1. The molecule has 0 aliphatic carbocycles. The van der Waals surface area contributed by atoms with E-state index in [1.165, 1.54) is 11.2 Å². The zero-order valence-corrected chi connectivity index (χ0v) is 15.6. The van der Waals surface area contributed by atoms with E-state index >= 15 is 0 Å². The van der Waals surface area contributed by atoms with Crippen LogP contribution in [0.25, 0.3) is 0 Å². The van der Waals surface area contributed by atoms with Crippen molar-refractivity contribution >= 4 is 17.4 Å². The molecule has 1 aromatic heterocycles. The molecule has 0 fully saturated rings. The molecule has 1 unspecified atom stereocenters. The van der Waals surface area contributed by atoms with E-state index in [2.05, 4.69) is 0 Å². The maximum absolute atomic E-state index is 12.9. The van der Waals surface area contributed by atoms with Crippen LogP contribution in [-0.4, -0.2) is 23.4 Å². The molecule has 27 heavy (non-hydrogen) atoms. The summed E-state index contributed by atoms with van der Waals surface area (Å²) in [6.07, 6.45) is 2.34. The lowest BCUT2D eigenvalue weighted by Crippen LogP contribution is -2.31. The molecule has 142 valence electrons. The molecule has 1 atom stereocenters. The van der Waals surface area contributed by atoms with E-state index in [9.17, 15) is 14.7 Å². The molecule has 0 saturated heterocycles. The van der Waals surface area contributed by atoms with E-state index in [-0.39, 0.29) is 17.3 Å². The van der Waals surface area contributed by atoms with Crippen molar-refractivity contribution in [1.29, 1.82) is 0 Å². The Morgan fingerprint density at radius 1 is 1.30 bits per heavy atom. The molecule has 1 N–H and O–H groups in total. The van der Waals surface area contributed by atoms with Crippen molar-refractivity contribution in [2.75, 3.05) is 11.5 Å². The number of carbonyl (C=O) groups excluding carboxylic acids is 2. The molecule has 6 nitrogen and oxygen atoms in total. The fourth-order valence-corrected chi connectivity index (χ4v) is 3.09. The summed E-state index contributed by atoms with van der Waals surface area (Å²) in [7, 11) is 0. The number of hydrogen-bond acceptors (Lipinski definition) is 5. The SMILES string of the molecule is CCCOc1cccc(N2C(=O)C(O)=C(C(=O)C(C)C)C2c2ccco2)c1. The molecule has 2 heterocycles. The highest BCUT2D eigenvalue weighted by Gasteiger charge is 2.46. The van der Waals surface area contributed by atoms with Crippen molar-refractivity contribution in [3.63, 3.8) is 0 Å². The van der Waals surface area contributed by atoms with Crippen molar-refractivity contribution in [2.45, 2.75) is 33.2 Å². The highest BCUT2D eigenvalue weighted by molar-refractivity contribution is 6.16. The highest BCUT2D eigenvalue weighted by Crippen LogP contribution is 2.42. The number of furan rings is 1. The average molecular weight is 369 g/mol. The molecule has 1 aliphatic rings. The maximum Gasteiger partial charge on any atom is 0.294 e. The van der Waals surface area contributed by atoms with Crippen LogP contribution >= 0.6 is 0 Å². The van der Waals surface area contributed by atoms with Gasteiger partial charge >= 0.3 is 0 Å².